The molecule has 4 rings (SSSR count). The number of H-pyrrole nitrogens is 1. The predicted molar refractivity (Wildman–Crippen MR) is 92.9 cm³/mol. The predicted octanol–water partition coefficient (Wildman–Crippen LogP) is 1.85. The van der Waals surface area contributed by atoms with Crippen LogP contribution < -0.4 is 0 Å². The number of aromatic amines is 1. The number of carbonyl (C=O) groups is 1. The number of amides is 1. The van der Waals surface area contributed by atoms with Crippen LogP contribution >= 0.6 is 0 Å². The van der Waals surface area contributed by atoms with Gasteiger partial charge in [0.25, 0.3) is 5.91 Å². The van der Waals surface area contributed by atoms with Gasteiger partial charge in [-0.15, -0.1) is 0 Å². The lowest BCUT2D eigenvalue weighted by atomic mass is 10.0. The summed E-state index contributed by atoms with van der Waals surface area (Å²) in [4.78, 5) is 27.8. The molecule has 1 saturated heterocycles. The van der Waals surface area contributed by atoms with Crippen molar-refractivity contribution < 1.29 is 4.79 Å². The first-order valence-corrected chi connectivity index (χ1v) is 8.79. The Morgan fingerprint density at radius 3 is 3.04 bits per heavy atom. The highest BCUT2D eigenvalue weighted by atomic mass is 16.2. The molecule has 1 N–H and O–H groups in total. The molecule has 9 nitrogen and oxygen atoms in total. The first kappa shape index (κ1) is 16.4. The van der Waals surface area contributed by atoms with Crippen LogP contribution in [-0.4, -0.2) is 52.3 Å². The Labute approximate surface area is 150 Å². The number of rotatable bonds is 4. The second kappa shape index (κ2) is 7.03. The van der Waals surface area contributed by atoms with E-state index in [9.17, 15) is 4.79 Å². The van der Waals surface area contributed by atoms with E-state index in [4.69, 9.17) is 0 Å². The molecule has 9 heteroatoms. The minimum Gasteiger partial charge on any atom is -0.327 e. The second-order valence-corrected chi connectivity index (χ2v) is 6.18. The minimum absolute atomic E-state index is 0.0218. The van der Waals surface area contributed by atoms with Crippen molar-refractivity contribution in [2.45, 2.75) is 38.8 Å². The molecule has 1 fully saturated rings. The molecule has 26 heavy (non-hydrogen) atoms. The van der Waals surface area contributed by atoms with E-state index in [1.165, 1.54) is 0 Å². The maximum absolute atomic E-state index is 13.1. The summed E-state index contributed by atoms with van der Waals surface area (Å²) in [5.74, 6) is 1.15. The van der Waals surface area contributed by atoms with Crippen LogP contribution in [-0.2, 0) is 6.54 Å². The third-order valence-corrected chi connectivity index (χ3v) is 4.61. The molecule has 0 aromatic carbocycles. The van der Waals surface area contributed by atoms with Crippen LogP contribution in [0.5, 0.6) is 0 Å². The molecule has 4 heterocycles. The van der Waals surface area contributed by atoms with Crippen molar-refractivity contribution in [3.63, 3.8) is 0 Å². The van der Waals surface area contributed by atoms with Crippen molar-refractivity contribution in [1.29, 1.82) is 0 Å². The fourth-order valence-electron chi connectivity index (χ4n) is 3.32. The van der Waals surface area contributed by atoms with Crippen molar-refractivity contribution in [2.75, 3.05) is 6.54 Å². The summed E-state index contributed by atoms with van der Waals surface area (Å²) < 4.78 is 1.72. The molecule has 1 aliphatic heterocycles. The van der Waals surface area contributed by atoms with E-state index < -0.39 is 0 Å². The molecule has 3 aromatic rings. The molecule has 0 spiro atoms. The maximum Gasteiger partial charge on any atom is 0.272 e. The minimum atomic E-state index is -0.130. The van der Waals surface area contributed by atoms with Gasteiger partial charge in [-0.05, 0) is 32.3 Å². The molecule has 1 aliphatic rings. The summed E-state index contributed by atoms with van der Waals surface area (Å²) in [6.07, 6.45) is 9.37. The van der Waals surface area contributed by atoms with E-state index >= 15 is 0 Å². The molecule has 3 aromatic heterocycles. The van der Waals surface area contributed by atoms with Crippen LogP contribution in [0.15, 0.2) is 30.9 Å². The zero-order chi connectivity index (χ0) is 17.9. The Bertz CT molecular complexity index is 887. The van der Waals surface area contributed by atoms with Gasteiger partial charge in [-0.25, -0.2) is 9.97 Å². The molecule has 1 amide bonds. The van der Waals surface area contributed by atoms with E-state index in [-0.39, 0.29) is 11.9 Å². The molecule has 134 valence electrons. The molecular formula is C17H20N8O. The highest BCUT2D eigenvalue weighted by Gasteiger charge is 2.32. The average Bonchev–Trinajstić information content (AvgIpc) is 3.37. The standard InChI is InChI=1S/C17H20N8O/c1-2-25-14(6-7-20-25)17(26)24-10-4-3-5-13(24)16-21-15(22-23-16)12-11-18-8-9-19-12/h6-9,11,13H,2-5,10H2,1H3,(H,21,22,23). The topological polar surface area (TPSA) is 105 Å². The van der Waals surface area contributed by atoms with E-state index in [1.54, 1.807) is 35.5 Å². The van der Waals surface area contributed by atoms with Crippen LogP contribution in [0.2, 0.25) is 0 Å². The van der Waals surface area contributed by atoms with Crippen LogP contribution in [0.3, 0.4) is 0 Å². The summed E-state index contributed by atoms with van der Waals surface area (Å²) in [5.41, 5.74) is 1.21. The number of piperidine rings is 1. The van der Waals surface area contributed by atoms with Crippen LogP contribution in [0, 0.1) is 0 Å². The van der Waals surface area contributed by atoms with Crippen molar-refractivity contribution >= 4 is 5.91 Å². The third-order valence-electron chi connectivity index (χ3n) is 4.61. The highest BCUT2D eigenvalue weighted by molar-refractivity contribution is 5.92. The molecule has 0 bridgehead atoms. The highest BCUT2D eigenvalue weighted by Crippen LogP contribution is 2.30. The Kier molecular flexibility index (Phi) is 4.42. The van der Waals surface area contributed by atoms with Crippen molar-refractivity contribution in [1.82, 2.24) is 39.8 Å². The van der Waals surface area contributed by atoms with Gasteiger partial charge in [0, 0.05) is 31.7 Å². The second-order valence-electron chi connectivity index (χ2n) is 6.18. The van der Waals surface area contributed by atoms with Gasteiger partial charge in [0.1, 0.15) is 17.2 Å². The normalized spacial score (nSPS) is 17.4. The molecule has 0 radical (unpaired) electrons. The lowest BCUT2D eigenvalue weighted by molar-refractivity contribution is 0.0587. The van der Waals surface area contributed by atoms with Gasteiger partial charge < -0.3 is 4.90 Å². The number of nitrogens with one attached hydrogen (secondary N) is 1. The smallest absolute Gasteiger partial charge is 0.272 e. The van der Waals surface area contributed by atoms with Crippen LogP contribution in [0.25, 0.3) is 11.5 Å². The number of nitrogens with zero attached hydrogens (tertiary/aromatic N) is 7. The monoisotopic (exact) mass is 352 g/mol. The van der Waals surface area contributed by atoms with Gasteiger partial charge in [-0.1, -0.05) is 0 Å². The number of likely N-dealkylation sites (tertiary alicyclic amines) is 1. The summed E-state index contributed by atoms with van der Waals surface area (Å²) in [7, 11) is 0. The average molecular weight is 352 g/mol. The molecule has 1 atom stereocenters. The van der Waals surface area contributed by atoms with Gasteiger partial charge in [-0.3, -0.25) is 19.6 Å². The van der Waals surface area contributed by atoms with Gasteiger partial charge in [0.15, 0.2) is 0 Å². The zero-order valence-electron chi connectivity index (χ0n) is 14.5. The first-order chi connectivity index (χ1) is 12.8. The van der Waals surface area contributed by atoms with E-state index in [0.29, 0.717) is 36.1 Å². The Morgan fingerprint density at radius 1 is 1.31 bits per heavy atom. The first-order valence-electron chi connectivity index (χ1n) is 8.79. The Hall–Kier alpha value is -3.10. The third kappa shape index (κ3) is 2.96. The lowest BCUT2D eigenvalue weighted by Crippen LogP contribution is -2.40. The number of hydrogen-bond donors (Lipinski definition) is 1. The summed E-state index contributed by atoms with van der Waals surface area (Å²) in [5, 5.41) is 11.5. The SMILES string of the molecule is CCn1nccc1C(=O)N1CCCCC1c1nc(-c2cnccn2)n[nH]1. The zero-order valence-corrected chi connectivity index (χ0v) is 14.5. The summed E-state index contributed by atoms with van der Waals surface area (Å²) >= 11 is 0. The molecule has 0 aliphatic carbocycles. The summed E-state index contributed by atoms with van der Waals surface area (Å²) in [6.45, 7) is 3.33. The number of aryl methyl sites for hydroxylation is 1. The van der Waals surface area contributed by atoms with E-state index in [0.717, 1.165) is 19.3 Å². The van der Waals surface area contributed by atoms with Crippen molar-refractivity contribution in [2.24, 2.45) is 0 Å². The van der Waals surface area contributed by atoms with E-state index in [1.807, 2.05) is 11.8 Å². The van der Waals surface area contributed by atoms with Gasteiger partial charge in [0.05, 0.1) is 12.2 Å². The van der Waals surface area contributed by atoms with Gasteiger partial charge in [-0.2, -0.15) is 10.2 Å². The van der Waals surface area contributed by atoms with Gasteiger partial charge in [0.2, 0.25) is 5.82 Å². The maximum atomic E-state index is 13.1. The van der Waals surface area contributed by atoms with Crippen molar-refractivity contribution in [3.05, 3.63) is 42.4 Å². The van der Waals surface area contributed by atoms with Crippen LogP contribution in [0.4, 0.5) is 0 Å². The molecular weight excluding hydrogens is 332 g/mol. The molecule has 1 unspecified atom stereocenters. The quantitative estimate of drug-likeness (QED) is 0.768. The number of hydrogen-bond acceptors (Lipinski definition) is 6. The molecule has 0 saturated carbocycles. The number of aromatic nitrogens is 7. The fraction of sp³-hybridized carbons (Fsp3) is 0.412. The largest absolute Gasteiger partial charge is 0.327 e. The van der Waals surface area contributed by atoms with Crippen molar-refractivity contribution in [3.8, 4) is 11.5 Å². The Morgan fingerprint density at radius 2 is 2.23 bits per heavy atom. The lowest BCUT2D eigenvalue weighted by Gasteiger charge is -2.34. The summed E-state index contributed by atoms with van der Waals surface area (Å²) in [6, 6.07) is 1.64. The van der Waals surface area contributed by atoms with Crippen LogP contribution in [0.1, 0.15) is 48.5 Å². The Balaban J connectivity index is 1.62. The van der Waals surface area contributed by atoms with E-state index in [2.05, 4.69) is 30.2 Å². The fourth-order valence-corrected chi connectivity index (χ4v) is 3.32. The van der Waals surface area contributed by atoms with Gasteiger partial charge >= 0.3 is 0 Å². The number of carbonyl (C=O) groups excluding carboxylic acids is 1.